The lowest BCUT2D eigenvalue weighted by Crippen LogP contribution is -2.24. The number of benzene rings is 2. The maximum absolute atomic E-state index is 12.9. The van der Waals surface area contributed by atoms with E-state index in [0.29, 0.717) is 11.1 Å². The van der Waals surface area contributed by atoms with Crippen molar-refractivity contribution in [3.63, 3.8) is 0 Å². The third-order valence-electron chi connectivity index (χ3n) is 3.56. The summed E-state index contributed by atoms with van der Waals surface area (Å²) in [5.74, 6) is -1.67. The Hall–Kier alpha value is -2.32. The molecule has 0 aromatic heterocycles. The Morgan fingerprint density at radius 2 is 1.43 bits per heavy atom. The molecule has 0 spiro atoms. The van der Waals surface area contributed by atoms with Crippen molar-refractivity contribution in [3.05, 3.63) is 70.8 Å². The van der Waals surface area contributed by atoms with Crippen LogP contribution in [0.3, 0.4) is 0 Å². The Bertz CT molecular complexity index is 662. The van der Waals surface area contributed by atoms with Crippen molar-refractivity contribution in [3.8, 4) is 0 Å². The molecule has 2 rings (SSSR count). The summed E-state index contributed by atoms with van der Waals surface area (Å²) >= 11 is 0. The summed E-state index contributed by atoms with van der Waals surface area (Å²) in [6.45, 7) is 3.75. The minimum atomic E-state index is -0.920. The van der Waals surface area contributed by atoms with Crippen LogP contribution in [0.15, 0.2) is 48.5 Å². The van der Waals surface area contributed by atoms with Crippen molar-refractivity contribution in [1.29, 1.82) is 0 Å². The highest BCUT2D eigenvalue weighted by Crippen LogP contribution is 2.26. The third kappa shape index (κ3) is 4.33. The van der Waals surface area contributed by atoms with E-state index in [4.69, 9.17) is 9.30 Å². The lowest BCUT2D eigenvalue weighted by Gasteiger charge is -2.17. The van der Waals surface area contributed by atoms with Crippen LogP contribution in [0.1, 0.15) is 33.0 Å². The molecule has 0 saturated carbocycles. The Morgan fingerprint density at radius 3 is 1.91 bits per heavy atom. The van der Waals surface area contributed by atoms with Crippen LogP contribution in [0.2, 0.25) is 0 Å². The van der Waals surface area contributed by atoms with Gasteiger partial charge in [0.15, 0.2) is 5.78 Å². The number of carbonyl (C=O) groups is 2. The van der Waals surface area contributed by atoms with Gasteiger partial charge in [0, 0.05) is 5.56 Å². The van der Waals surface area contributed by atoms with Gasteiger partial charge in [-0.15, -0.1) is 0 Å². The smallest absolute Gasteiger partial charge is 0.321 e. The normalized spacial score (nSPS) is 10.9. The largest absolute Gasteiger partial charge is 0.468 e. The number of hydrogen-bond acceptors (Lipinski definition) is 4. The van der Waals surface area contributed by atoms with E-state index in [1.807, 2.05) is 50.2 Å². The van der Waals surface area contributed by atoms with Gasteiger partial charge in [-0.2, -0.15) is 0 Å². The predicted octanol–water partition coefficient (Wildman–Crippen LogP) is 3.65. The molecule has 2 aromatic rings. The topological polar surface area (TPSA) is 60.4 Å². The summed E-state index contributed by atoms with van der Waals surface area (Å²) in [7, 11) is 2.47. The first-order chi connectivity index (χ1) is 11.1. The van der Waals surface area contributed by atoms with E-state index in [9.17, 15) is 9.59 Å². The van der Waals surface area contributed by atoms with Crippen molar-refractivity contribution >= 4 is 20.9 Å². The number of esters is 1. The first kappa shape index (κ1) is 18.7. The monoisotopic (exact) mass is 331 g/mol. The highest BCUT2D eigenvalue weighted by atomic mass is 31.0. The average Bonchev–Trinajstić information content (AvgIpc) is 2.57. The number of hydrogen-bond donors (Lipinski definition) is 0. The molecule has 0 aliphatic carbocycles. The van der Waals surface area contributed by atoms with Gasteiger partial charge in [-0.3, -0.25) is 9.59 Å². The fraction of sp³-hybridized carbons (Fsp3) is 0.222. The molecule has 0 aliphatic rings. The van der Waals surface area contributed by atoms with Crippen molar-refractivity contribution in [1.82, 2.24) is 0 Å². The zero-order valence-corrected chi connectivity index (χ0v) is 14.6. The fourth-order valence-corrected chi connectivity index (χ4v) is 2.51. The number of rotatable bonds is 4. The summed E-state index contributed by atoms with van der Waals surface area (Å²) in [6, 6.07) is 14.7. The van der Waals surface area contributed by atoms with E-state index >= 15 is 0 Å². The highest BCUT2D eigenvalue weighted by Gasteiger charge is 2.31. The molecule has 0 fully saturated rings. The molecule has 0 radical (unpaired) electrons. The van der Waals surface area contributed by atoms with E-state index in [-0.39, 0.29) is 5.78 Å². The van der Waals surface area contributed by atoms with Crippen LogP contribution in [-0.2, 0) is 14.1 Å². The lowest BCUT2D eigenvalue weighted by molar-refractivity contribution is -0.141. The highest BCUT2D eigenvalue weighted by molar-refractivity contribution is 7.00. The average molecular weight is 331 g/mol. The van der Waals surface area contributed by atoms with Crippen LogP contribution < -0.4 is 0 Å². The van der Waals surface area contributed by atoms with Gasteiger partial charge in [0.1, 0.15) is 5.92 Å². The van der Waals surface area contributed by atoms with Gasteiger partial charge in [-0.1, -0.05) is 53.1 Å². The molecule has 0 bridgehead atoms. The Morgan fingerprint density at radius 1 is 0.913 bits per heavy atom. The summed E-state index contributed by atoms with van der Waals surface area (Å²) in [5, 5.41) is 0. The molecule has 0 N–H and O–H groups in total. The standard InChI is InChI=1S/C18H18O3.H2OP/c1-12-8-7-9-13(2)15(12)17(19)16(18(20)21-3)14-10-5-4-6-11-14;1-2/h4-11,16H,1-3H3;2H2/q;+1. The molecule has 0 saturated heterocycles. The molecule has 4 nitrogen and oxygen atoms in total. The molecular weight excluding hydrogens is 311 g/mol. The molecule has 2 unspecified atom stereocenters. The summed E-state index contributed by atoms with van der Waals surface area (Å²) in [6.07, 6.45) is 0. The maximum Gasteiger partial charge on any atom is 0.321 e. The second-order valence-electron chi connectivity index (χ2n) is 5.00. The van der Waals surface area contributed by atoms with Crippen molar-refractivity contribution in [2.24, 2.45) is 0 Å². The number of aryl methyl sites for hydroxylation is 2. The van der Waals surface area contributed by atoms with Crippen molar-refractivity contribution in [2.75, 3.05) is 7.11 Å². The number of methoxy groups -OCH3 is 1. The van der Waals surface area contributed by atoms with Crippen LogP contribution in [-0.4, -0.2) is 18.9 Å². The quantitative estimate of drug-likeness (QED) is 0.371. The Kier molecular flexibility index (Phi) is 7.30. The first-order valence-electron chi connectivity index (χ1n) is 7.03. The summed E-state index contributed by atoms with van der Waals surface area (Å²) < 4.78 is 13.0. The summed E-state index contributed by atoms with van der Waals surface area (Å²) in [5.41, 5.74) is 2.98. The van der Waals surface area contributed by atoms with E-state index in [2.05, 4.69) is 0 Å². The number of ketones is 1. The second kappa shape index (κ2) is 8.96. The molecule has 0 heterocycles. The van der Waals surface area contributed by atoms with Gasteiger partial charge in [0.2, 0.25) is 0 Å². The molecule has 5 heteroatoms. The van der Waals surface area contributed by atoms with Crippen molar-refractivity contribution in [2.45, 2.75) is 19.8 Å². The molecule has 23 heavy (non-hydrogen) atoms. The number of Topliss-reactive ketones (excluding diaryl/α,β-unsaturated/α-hetero) is 1. The fourth-order valence-electron chi connectivity index (χ4n) is 2.51. The van der Waals surface area contributed by atoms with Gasteiger partial charge in [0.05, 0.1) is 7.11 Å². The lowest BCUT2D eigenvalue weighted by atomic mass is 9.87. The van der Waals surface area contributed by atoms with Gasteiger partial charge in [0.25, 0.3) is 0 Å². The molecule has 0 amide bonds. The Balaban J connectivity index is 0.00000127. The van der Waals surface area contributed by atoms with E-state index in [1.165, 1.54) is 16.2 Å². The minimum Gasteiger partial charge on any atom is -0.468 e. The van der Waals surface area contributed by atoms with Crippen LogP contribution in [0.4, 0.5) is 0 Å². The number of carbonyl (C=O) groups excluding carboxylic acids is 2. The second-order valence-corrected chi connectivity index (χ2v) is 5.00. The van der Waals surface area contributed by atoms with Gasteiger partial charge >= 0.3 is 15.1 Å². The molecule has 2 aromatic carbocycles. The predicted molar refractivity (Wildman–Crippen MR) is 91.8 cm³/mol. The van der Waals surface area contributed by atoms with E-state index in [0.717, 1.165) is 11.1 Å². The van der Waals surface area contributed by atoms with E-state index < -0.39 is 11.9 Å². The van der Waals surface area contributed by atoms with Crippen molar-refractivity contribution < 1.29 is 18.9 Å². The minimum absolute atomic E-state index is 0.219. The SMILES string of the molecule is COC(=O)C(C(=O)c1c(C)cccc1C)c1ccccc1.O=[PH2+]. The van der Waals surface area contributed by atoms with Crippen LogP contribution in [0.5, 0.6) is 0 Å². The third-order valence-corrected chi connectivity index (χ3v) is 3.56. The van der Waals surface area contributed by atoms with Gasteiger partial charge < -0.3 is 4.74 Å². The van der Waals surface area contributed by atoms with Crippen LogP contribution >= 0.6 is 9.12 Å². The Labute approximate surface area is 138 Å². The molecule has 120 valence electrons. The van der Waals surface area contributed by atoms with Crippen LogP contribution in [0.25, 0.3) is 0 Å². The summed E-state index contributed by atoms with van der Waals surface area (Å²) in [4.78, 5) is 25.0. The first-order valence-corrected chi connectivity index (χ1v) is 7.50. The number of ether oxygens (including phenoxy) is 1. The van der Waals surface area contributed by atoms with E-state index in [1.54, 1.807) is 12.1 Å². The van der Waals surface area contributed by atoms with Gasteiger partial charge in [-0.25, -0.2) is 0 Å². The molecular formula is C18H20O4P+. The van der Waals surface area contributed by atoms with Crippen LogP contribution in [0, 0.1) is 13.8 Å². The molecule has 2 atom stereocenters. The zero-order chi connectivity index (χ0) is 17.4. The maximum atomic E-state index is 12.9. The zero-order valence-electron chi connectivity index (χ0n) is 13.4. The van der Waals surface area contributed by atoms with Gasteiger partial charge in [-0.05, 0) is 30.5 Å². The molecule has 0 aliphatic heterocycles.